The molecule has 0 spiro atoms. The lowest BCUT2D eigenvalue weighted by molar-refractivity contribution is -0.384. The summed E-state index contributed by atoms with van der Waals surface area (Å²) in [7, 11) is 1.41. The Morgan fingerprint density at radius 3 is 2.95 bits per heavy atom. The molecule has 1 atom stereocenters. The van der Waals surface area contributed by atoms with Crippen LogP contribution in [0.1, 0.15) is 23.2 Å². The van der Waals surface area contributed by atoms with Gasteiger partial charge < -0.3 is 14.7 Å². The van der Waals surface area contributed by atoms with E-state index < -0.39 is 4.92 Å². The Kier molecular flexibility index (Phi) is 4.19. The monoisotopic (exact) mass is 280 g/mol. The summed E-state index contributed by atoms with van der Waals surface area (Å²) in [6.45, 7) is 0.429. The Hall–Kier alpha value is -2.15. The molecule has 0 aromatic heterocycles. The van der Waals surface area contributed by atoms with E-state index in [-0.39, 0.29) is 29.8 Å². The number of ether oxygens (including phenoxy) is 1. The summed E-state index contributed by atoms with van der Waals surface area (Å²) in [5.74, 6) is -0.0497. The van der Waals surface area contributed by atoms with Crippen LogP contribution in [0.3, 0.4) is 0 Å². The van der Waals surface area contributed by atoms with Crippen LogP contribution in [0.25, 0.3) is 0 Å². The van der Waals surface area contributed by atoms with Gasteiger partial charge in [-0.15, -0.1) is 0 Å². The summed E-state index contributed by atoms with van der Waals surface area (Å²) in [6.07, 6.45) is 1.55. The second-order valence-electron chi connectivity index (χ2n) is 4.62. The van der Waals surface area contributed by atoms with Gasteiger partial charge in [-0.05, 0) is 18.9 Å². The van der Waals surface area contributed by atoms with Gasteiger partial charge in [0, 0.05) is 18.7 Å². The highest BCUT2D eigenvalue weighted by atomic mass is 16.6. The van der Waals surface area contributed by atoms with Crippen molar-refractivity contribution < 1.29 is 19.6 Å². The normalized spacial score (nSPS) is 18.1. The predicted molar refractivity (Wildman–Crippen MR) is 70.8 cm³/mol. The number of hydrogen-bond donors (Lipinski definition) is 1. The number of nitro benzene ring substituents is 1. The molecule has 108 valence electrons. The first kappa shape index (κ1) is 14.3. The van der Waals surface area contributed by atoms with E-state index in [0.29, 0.717) is 12.3 Å². The van der Waals surface area contributed by atoms with Gasteiger partial charge in [0.1, 0.15) is 5.75 Å². The van der Waals surface area contributed by atoms with E-state index in [4.69, 9.17) is 4.74 Å². The van der Waals surface area contributed by atoms with Gasteiger partial charge in [-0.3, -0.25) is 14.9 Å². The standard InChI is InChI=1S/C13H16N2O5/c1-20-12-5-4-9(15(18)19)7-11(12)13(17)14-6-2-3-10(14)8-16/h4-5,7,10,16H,2-3,6,8H2,1H3/t10-/m1/s1. The number of aliphatic hydroxyl groups is 1. The lowest BCUT2D eigenvalue weighted by Gasteiger charge is -2.23. The number of rotatable bonds is 4. The van der Waals surface area contributed by atoms with Crippen LogP contribution in [0.2, 0.25) is 0 Å². The van der Waals surface area contributed by atoms with Crippen LogP contribution in [0, 0.1) is 10.1 Å². The number of non-ortho nitro benzene ring substituents is 1. The minimum Gasteiger partial charge on any atom is -0.496 e. The molecular weight excluding hydrogens is 264 g/mol. The molecule has 1 amide bonds. The van der Waals surface area contributed by atoms with Crippen molar-refractivity contribution in [2.75, 3.05) is 20.3 Å². The smallest absolute Gasteiger partial charge is 0.270 e. The zero-order valence-electron chi connectivity index (χ0n) is 11.1. The number of amides is 1. The first-order chi connectivity index (χ1) is 9.58. The second kappa shape index (κ2) is 5.87. The van der Waals surface area contributed by atoms with Gasteiger partial charge in [-0.2, -0.15) is 0 Å². The first-order valence-corrected chi connectivity index (χ1v) is 6.32. The number of benzene rings is 1. The molecule has 1 N–H and O–H groups in total. The maximum Gasteiger partial charge on any atom is 0.270 e. The number of hydrogen-bond acceptors (Lipinski definition) is 5. The Morgan fingerprint density at radius 2 is 2.35 bits per heavy atom. The van der Waals surface area contributed by atoms with E-state index in [2.05, 4.69) is 0 Å². The third kappa shape index (κ3) is 2.57. The minimum atomic E-state index is -0.552. The fourth-order valence-electron chi connectivity index (χ4n) is 2.42. The minimum absolute atomic E-state index is 0.108. The lowest BCUT2D eigenvalue weighted by atomic mass is 10.1. The molecule has 0 radical (unpaired) electrons. The zero-order chi connectivity index (χ0) is 14.7. The Labute approximate surface area is 115 Å². The van der Waals surface area contributed by atoms with E-state index in [1.165, 1.54) is 25.3 Å². The Morgan fingerprint density at radius 1 is 1.60 bits per heavy atom. The molecule has 7 nitrogen and oxygen atoms in total. The van der Waals surface area contributed by atoms with Gasteiger partial charge >= 0.3 is 0 Å². The fraction of sp³-hybridized carbons (Fsp3) is 0.462. The molecular formula is C13H16N2O5. The van der Waals surface area contributed by atoms with Crippen LogP contribution >= 0.6 is 0 Å². The molecule has 0 aliphatic carbocycles. The highest BCUT2D eigenvalue weighted by Crippen LogP contribution is 2.28. The van der Waals surface area contributed by atoms with Gasteiger partial charge in [0.2, 0.25) is 0 Å². The Bertz CT molecular complexity index is 531. The second-order valence-corrected chi connectivity index (χ2v) is 4.62. The summed E-state index contributed by atoms with van der Waals surface area (Å²) in [4.78, 5) is 24.3. The third-order valence-electron chi connectivity index (χ3n) is 3.47. The summed E-state index contributed by atoms with van der Waals surface area (Å²) in [6, 6.07) is 3.69. The predicted octanol–water partition coefficient (Wildman–Crippen LogP) is 1.20. The zero-order valence-corrected chi connectivity index (χ0v) is 11.1. The number of carbonyl (C=O) groups excluding carboxylic acids is 1. The number of carbonyl (C=O) groups is 1. The molecule has 1 aliphatic rings. The van der Waals surface area contributed by atoms with Crippen LogP contribution in [-0.2, 0) is 0 Å². The average molecular weight is 280 g/mol. The van der Waals surface area contributed by atoms with Gasteiger partial charge in [0.05, 0.1) is 30.2 Å². The van der Waals surface area contributed by atoms with Crippen LogP contribution in [0.4, 0.5) is 5.69 Å². The van der Waals surface area contributed by atoms with Gasteiger partial charge in [-0.25, -0.2) is 0 Å². The quantitative estimate of drug-likeness (QED) is 0.660. The molecule has 7 heteroatoms. The van der Waals surface area contributed by atoms with E-state index in [1.807, 2.05) is 0 Å². The summed E-state index contributed by atoms with van der Waals surface area (Å²) in [5.41, 5.74) is -0.00375. The van der Waals surface area contributed by atoms with Crippen molar-refractivity contribution in [1.82, 2.24) is 4.90 Å². The largest absolute Gasteiger partial charge is 0.496 e. The van der Waals surface area contributed by atoms with Crippen molar-refractivity contribution in [2.24, 2.45) is 0 Å². The molecule has 2 rings (SSSR count). The molecule has 1 heterocycles. The van der Waals surface area contributed by atoms with Crippen molar-refractivity contribution in [2.45, 2.75) is 18.9 Å². The number of nitrogens with zero attached hydrogens (tertiary/aromatic N) is 2. The number of methoxy groups -OCH3 is 1. The topological polar surface area (TPSA) is 92.9 Å². The molecule has 20 heavy (non-hydrogen) atoms. The maximum absolute atomic E-state index is 12.5. The molecule has 1 aliphatic heterocycles. The number of likely N-dealkylation sites (tertiary alicyclic amines) is 1. The maximum atomic E-state index is 12.5. The molecule has 0 bridgehead atoms. The van der Waals surface area contributed by atoms with Crippen LogP contribution < -0.4 is 4.74 Å². The SMILES string of the molecule is COc1ccc([N+](=O)[O-])cc1C(=O)N1CCC[C@@H]1CO. The van der Waals surface area contributed by atoms with Crippen molar-refractivity contribution >= 4 is 11.6 Å². The number of aliphatic hydroxyl groups excluding tert-OH is 1. The summed E-state index contributed by atoms with van der Waals surface area (Å²) < 4.78 is 5.10. The van der Waals surface area contributed by atoms with Crippen molar-refractivity contribution in [3.8, 4) is 5.75 Å². The lowest BCUT2D eigenvalue weighted by Crippen LogP contribution is -2.37. The van der Waals surface area contributed by atoms with Gasteiger partial charge in [0.15, 0.2) is 0 Å². The molecule has 0 saturated carbocycles. The highest BCUT2D eigenvalue weighted by Gasteiger charge is 2.31. The van der Waals surface area contributed by atoms with Crippen molar-refractivity contribution in [3.63, 3.8) is 0 Å². The van der Waals surface area contributed by atoms with Gasteiger partial charge in [-0.1, -0.05) is 0 Å². The molecule has 1 aromatic rings. The molecule has 0 unspecified atom stereocenters. The molecule has 1 aromatic carbocycles. The van der Waals surface area contributed by atoms with Crippen LogP contribution in [0.5, 0.6) is 5.75 Å². The fourth-order valence-corrected chi connectivity index (χ4v) is 2.42. The summed E-state index contributed by atoms with van der Waals surface area (Å²) in [5, 5.41) is 20.1. The number of nitro groups is 1. The van der Waals surface area contributed by atoms with Gasteiger partial charge in [0.25, 0.3) is 11.6 Å². The van der Waals surface area contributed by atoms with Crippen molar-refractivity contribution in [1.29, 1.82) is 0 Å². The first-order valence-electron chi connectivity index (χ1n) is 6.32. The van der Waals surface area contributed by atoms with Crippen molar-refractivity contribution in [3.05, 3.63) is 33.9 Å². The van der Waals surface area contributed by atoms with E-state index in [1.54, 1.807) is 4.90 Å². The van der Waals surface area contributed by atoms with Crippen LogP contribution in [-0.4, -0.2) is 47.1 Å². The third-order valence-corrected chi connectivity index (χ3v) is 3.47. The average Bonchev–Trinajstić information content (AvgIpc) is 2.94. The van der Waals surface area contributed by atoms with E-state index in [0.717, 1.165) is 12.8 Å². The molecule has 1 saturated heterocycles. The van der Waals surface area contributed by atoms with E-state index in [9.17, 15) is 20.0 Å². The molecule has 1 fully saturated rings. The highest BCUT2D eigenvalue weighted by molar-refractivity contribution is 5.98. The Balaban J connectivity index is 2.37. The summed E-state index contributed by atoms with van der Waals surface area (Å²) >= 11 is 0. The van der Waals surface area contributed by atoms with E-state index >= 15 is 0 Å². The van der Waals surface area contributed by atoms with Crippen LogP contribution in [0.15, 0.2) is 18.2 Å².